The fourth-order valence-corrected chi connectivity index (χ4v) is 4.62. The molecule has 3 aromatic carbocycles. The first-order valence-corrected chi connectivity index (χ1v) is 11.0. The van der Waals surface area contributed by atoms with Gasteiger partial charge in [-0.25, -0.2) is 13.1 Å². The zero-order valence-electron chi connectivity index (χ0n) is 16.4. The van der Waals surface area contributed by atoms with Crippen LogP contribution in [0.4, 0.5) is 5.69 Å². The zero-order valence-corrected chi connectivity index (χ0v) is 17.9. The average Bonchev–Trinajstić information content (AvgIpc) is 3.17. The van der Waals surface area contributed by atoms with E-state index in [1.807, 2.05) is 13.8 Å². The topological polar surface area (TPSA) is 90.9 Å². The molecule has 0 spiro atoms. The summed E-state index contributed by atoms with van der Waals surface area (Å²) < 4.78 is 28.5. The lowest BCUT2D eigenvalue weighted by Crippen LogP contribution is -2.06. The standard InChI is InChI=1S/C22H19ClN4O2S/c1-14-3-12-20(13-15(14)2)30(28,29)22-21(16-4-6-17(23)7-5-16)27(26-25-22)19-10-8-18(24)9-11-19/h3-13H,24H2,1-2H3. The lowest BCUT2D eigenvalue weighted by atomic mass is 10.1. The summed E-state index contributed by atoms with van der Waals surface area (Å²) in [7, 11) is -3.91. The molecule has 1 heterocycles. The molecule has 0 fully saturated rings. The second-order valence-corrected chi connectivity index (χ2v) is 9.30. The highest BCUT2D eigenvalue weighted by atomic mass is 35.5. The highest BCUT2D eigenvalue weighted by Gasteiger charge is 2.29. The zero-order chi connectivity index (χ0) is 21.5. The number of nitrogens with zero attached hydrogens (tertiary/aromatic N) is 3. The quantitative estimate of drug-likeness (QED) is 0.469. The van der Waals surface area contributed by atoms with Crippen molar-refractivity contribution >= 4 is 27.1 Å². The number of nitrogens with two attached hydrogens (primary N) is 1. The molecule has 2 N–H and O–H groups in total. The van der Waals surface area contributed by atoms with Gasteiger partial charge in [0.15, 0.2) is 0 Å². The molecule has 0 saturated carbocycles. The summed E-state index contributed by atoms with van der Waals surface area (Å²) in [5.41, 5.74) is 9.91. The van der Waals surface area contributed by atoms with E-state index < -0.39 is 9.84 Å². The molecule has 0 bridgehead atoms. The van der Waals surface area contributed by atoms with Crippen molar-refractivity contribution in [3.05, 3.63) is 82.9 Å². The van der Waals surface area contributed by atoms with Crippen molar-refractivity contribution in [2.75, 3.05) is 5.73 Å². The van der Waals surface area contributed by atoms with E-state index >= 15 is 0 Å². The van der Waals surface area contributed by atoms with Gasteiger partial charge in [-0.2, -0.15) is 0 Å². The Labute approximate surface area is 179 Å². The molecule has 152 valence electrons. The highest BCUT2D eigenvalue weighted by Crippen LogP contribution is 2.33. The molecule has 30 heavy (non-hydrogen) atoms. The smallest absolute Gasteiger partial charge is 0.227 e. The Kier molecular flexibility index (Phi) is 5.09. The lowest BCUT2D eigenvalue weighted by molar-refractivity contribution is 0.592. The van der Waals surface area contributed by atoms with Gasteiger partial charge in [-0.1, -0.05) is 35.0 Å². The Hall–Kier alpha value is -3.16. The lowest BCUT2D eigenvalue weighted by Gasteiger charge is -2.10. The summed E-state index contributed by atoms with van der Waals surface area (Å²) in [6.45, 7) is 3.81. The molecule has 0 aliphatic heterocycles. The van der Waals surface area contributed by atoms with Crippen LogP contribution in [0.5, 0.6) is 0 Å². The number of aryl methyl sites for hydroxylation is 2. The number of anilines is 1. The van der Waals surface area contributed by atoms with E-state index in [2.05, 4.69) is 10.3 Å². The van der Waals surface area contributed by atoms with Gasteiger partial charge in [0.2, 0.25) is 14.9 Å². The number of hydrogen-bond donors (Lipinski definition) is 1. The molecular weight excluding hydrogens is 420 g/mol. The fourth-order valence-electron chi connectivity index (χ4n) is 3.09. The van der Waals surface area contributed by atoms with E-state index in [9.17, 15) is 8.42 Å². The summed E-state index contributed by atoms with van der Waals surface area (Å²) in [6, 6.07) is 18.9. The van der Waals surface area contributed by atoms with Crippen LogP contribution in [0.1, 0.15) is 11.1 Å². The Bertz CT molecular complexity index is 1330. The van der Waals surface area contributed by atoms with Crippen molar-refractivity contribution in [3.63, 3.8) is 0 Å². The normalized spacial score (nSPS) is 11.6. The fraction of sp³-hybridized carbons (Fsp3) is 0.0909. The number of hydrogen-bond acceptors (Lipinski definition) is 5. The van der Waals surface area contributed by atoms with Crippen LogP contribution in [0.2, 0.25) is 5.02 Å². The molecular formula is C22H19ClN4O2S. The summed E-state index contributed by atoms with van der Waals surface area (Å²) in [4.78, 5) is 0.171. The first-order chi connectivity index (χ1) is 14.3. The molecule has 8 heteroatoms. The van der Waals surface area contributed by atoms with Crippen LogP contribution in [0.25, 0.3) is 16.9 Å². The molecule has 0 atom stereocenters. The molecule has 0 saturated heterocycles. The molecule has 4 aromatic rings. The number of benzene rings is 3. The Morgan fingerprint density at radius 2 is 1.57 bits per heavy atom. The molecule has 6 nitrogen and oxygen atoms in total. The highest BCUT2D eigenvalue weighted by molar-refractivity contribution is 7.91. The van der Waals surface area contributed by atoms with Crippen LogP contribution in [0.15, 0.2) is 76.7 Å². The molecule has 0 radical (unpaired) electrons. The maximum Gasteiger partial charge on any atom is 0.227 e. The summed E-state index contributed by atoms with van der Waals surface area (Å²) in [5, 5.41) is 8.66. The van der Waals surface area contributed by atoms with Gasteiger partial charge in [0.1, 0.15) is 5.69 Å². The Morgan fingerprint density at radius 1 is 0.900 bits per heavy atom. The van der Waals surface area contributed by atoms with Crippen LogP contribution < -0.4 is 5.73 Å². The van der Waals surface area contributed by atoms with Gasteiger partial charge in [-0.15, -0.1) is 5.10 Å². The van der Waals surface area contributed by atoms with Crippen molar-refractivity contribution in [2.24, 2.45) is 0 Å². The van der Waals surface area contributed by atoms with E-state index in [0.717, 1.165) is 11.1 Å². The van der Waals surface area contributed by atoms with Crippen LogP contribution in [0.3, 0.4) is 0 Å². The van der Waals surface area contributed by atoms with Crippen LogP contribution in [-0.2, 0) is 9.84 Å². The van der Waals surface area contributed by atoms with Crippen LogP contribution in [-0.4, -0.2) is 23.4 Å². The van der Waals surface area contributed by atoms with Gasteiger partial charge in [-0.3, -0.25) is 0 Å². The van der Waals surface area contributed by atoms with Crippen molar-refractivity contribution in [3.8, 4) is 16.9 Å². The molecule has 0 unspecified atom stereocenters. The van der Waals surface area contributed by atoms with E-state index in [4.69, 9.17) is 17.3 Å². The minimum atomic E-state index is -3.91. The SMILES string of the molecule is Cc1ccc(S(=O)(=O)c2nnn(-c3ccc(N)cc3)c2-c2ccc(Cl)cc2)cc1C. The predicted molar refractivity (Wildman–Crippen MR) is 118 cm³/mol. The van der Waals surface area contributed by atoms with E-state index in [1.54, 1.807) is 66.7 Å². The number of aromatic nitrogens is 3. The van der Waals surface area contributed by atoms with Crippen molar-refractivity contribution in [1.82, 2.24) is 15.0 Å². The van der Waals surface area contributed by atoms with Gasteiger partial charge in [0.25, 0.3) is 0 Å². The van der Waals surface area contributed by atoms with Crippen LogP contribution in [0, 0.1) is 13.8 Å². The van der Waals surface area contributed by atoms with E-state index in [1.165, 1.54) is 4.68 Å². The molecule has 1 aromatic heterocycles. The maximum absolute atomic E-state index is 13.5. The summed E-state index contributed by atoms with van der Waals surface area (Å²) in [6.07, 6.45) is 0. The van der Waals surface area contributed by atoms with Gasteiger partial charge in [0, 0.05) is 16.3 Å². The Balaban J connectivity index is 1.97. The molecule has 4 rings (SSSR count). The van der Waals surface area contributed by atoms with Crippen molar-refractivity contribution in [1.29, 1.82) is 0 Å². The maximum atomic E-state index is 13.5. The average molecular weight is 439 g/mol. The number of rotatable bonds is 4. The first-order valence-electron chi connectivity index (χ1n) is 9.17. The Morgan fingerprint density at radius 3 is 2.20 bits per heavy atom. The minimum Gasteiger partial charge on any atom is -0.399 e. The van der Waals surface area contributed by atoms with Gasteiger partial charge in [-0.05, 0) is 73.5 Å². The minimum absolute atomic E-state index is 0.120. The van der Waals surface area contributed by atoms with Crippen molar-refractivity contribution in [2.45, 2.75) is 23.8 Å². The second kappa shape index (κ2) is 7.59. The van der Waals surface area contributed by atoms with Gasteiger partial charge in [0.05, 0.1) is 10.6 Å². The molecule has 0 amide bonds. The van der Waals surface area contributed by atoms with Crippen molar-refractivity contribution < 1.29 is 8.42 Å². The summed E-state index contributed by atoms with van der Waals surface area (Å²) >= 11 is 6.03. The second-order valence-electron chi connectivity index (χ2n) is 7.00. The monoisotopic (exact) mass is 438 g/mol. The molecule has 0 aliphatic rings. The summed E-state index contributed by atoms with van der Waals surface area (Å²) in [5.74, 6) is 0. The van der Waals surface area contributed by atoms with Gasteiger partial charge >= 0.3 is 0 Å². The number of sulfone groups is 1. The van der Waals surface area contributed by atoms with E-state index in [-0.39, 0.29) is 9.92 Å². The third kappa shape index (κ3) is 3.58. The van der Waals surface area contributed by atoms with Crippen LogP contribution >= 0.6 is 11.6 Å². The molecule has 0 aliphatic carbocycles. The number of nitrogen functional groups attached to an aromatic ring is 1. The largest absolute Gasteiger partial charge is 0.399 e. The third-order valence-corrected chi connectivity index (χ3v) is 6.85. The first kappa shape index (κ1) is 20.1. The number of halogens is 1. The third-order valence-electron chi connectivity index (χ3n) is 4.94. The van der Waals surface area contributed by atoms with Gasteiger partial charge < -0.3 is 5.73 Å². The predicted octanol–water partition coefficient (Wildman–Crippen LogP) is 4.62. The van der Waals surface area contributed by atoms with E-state index in [0.29, 0.717) is 27.7 Å².